The highest BCUT2D eigenvalue weighted by Gasteiger charge is 2.50. The van der Waals surface area contributed by atoms with E-state index < -0.39 is 6.09 Å². The number of benzene rings is 1. The summed E-state index contributed by atoms with van der Waals surface area (Å²) < 4.78 is 17.9. The second kappa shape index (κ2) is 8.03. The SMILES string of the molecule is C=C[C@H]1[C@H]2C3=C(C(=O)C[C@@H](C)O3)[C@@H](C)O[C@H]2CCN1C(=O)OCc1ccccc1. The van der Waals surface area contributed by atoms with Gasteiger partial charge in [-0.1, -0.05) is 36.4 Å². The fraction of sp³-hybridized carbons (Fsp3) is 0.478. The first-order valence-electron chi connectivity index (χ1n) is 10.2. The van der Waals surface area contributed by atoms with Crippen LogP contribution < -0.4 is 0 Å². The van der Waals surface area contributed by atoms with E-state index in [-0.39, 0.29) is 42.7 Å². The molecule has 0 aromatic heterocycles. The summed E-state index contributed by atoms with van der Waals surface area (Å²) in [6, 6.07) is 9.23. The molecule has 0 aliphatic carbocycles. The lowest BCUT2D eigenvalue weighted by Gasteiger charge is -2.49. The fourth-order valence-electron chi connectivity index (χ4n) is 4.62. The highest BCUT2D eigenvalue weighted by molar-refractivity contribution is 5.98. The van der Waals surface area contributed by atoms with Gasteiger partial charge in [0.25, 0.3) is 0 Å². The molecular weight excluding hydrogens is 370 g/mol. The summed E-state index contributed by atoms with van der Waals surface area (Å²) in [7, 11) is 0. The molecule has 0 saturated carbocycles. The van der Waals surface area contributed by atoms with Crippen molar-refractivity contribution >= 4 is 11.9 Å². The number of nitrogens with zero attached hydrogens (tertiary/aromatic N) is 1. The molecule has 0 N–H and O–H groups in total. The van der Waals surface area contributed by atoms with Gasteiger partial charge < -0.3 is 19.1 Å². The third-order valence-corrected chi connectivity index (χ3v) is 5.92. The lowest BCUT2D eigenvalue weighted by Crippen LogP contribution is -2.57. The summed E-state index contributed by atoms with van der Waals surface area (Å²) in [4.78, 5) is 27.2. The van der Waals surface area contributed by atoms with Crippen molar-refractivity contribution in [1.29, 1.82) is 0 Å². The number of piperidine rings is 1. The Morgan fingerprint density at radius 2 is 2.07 bits per heavy atom. The molecule has 4 rings (SSSR count). The minimum Gasteiger partial charge on any atom is -0.494 e. The van der Waals surface area contributed by atoms with Gasteiger partial charge in [-0.05, 0) is 25.8 Å². The van der Waals surface area contributed by atoms with Crippen molar-refractivity contribution in [3.8, 4) is 0 Å². The van der Waals surface area contributed by atoms with Crippen LogP contribution in [0.1, 0.15) is 32.3 Å². The van der Waals surface area contributed by atoms with Crippen LogP contribution in [0.5, 0.6) is 0 Å². The number of amides is 1. The van der Waals surface area contributed by atoms with Gasteiger partial charge in [-0.2, -0.15) is 0 Å². The van der Waals surface area contributed by atoms with E-state index in [2.05, 4.69) is 6.58 Å². The van der Waals surface area contributed by atoms with Crippen LogP contribution in [-0.4, -0.2) is 47.7 Å². The van der Waals surface area contributed by atoms with Gasteiger partial charge in [0.2, 0.25) is 0 Å². The number of rotatable bonds is 3. The molecule has 3 aliphatic heterocycles. The molecule has 0 bridgehead atoms. The smallest absolute Gasteiger partial charge is 0.410 e. The molecule has 1 saturated heterocycles. The lowest BCUT2D eigenvalue weighted by atomic mass is 9.78. The largest absolute Gasteiger partial charge is 0.494 e. The van der Waals surface area contributed by atoms with Crippen LogP contribution in [0.25, 0.3) is 0 Å². The van der Waals surface area contributed by atoms with Crippen molar-refractivity contribution in [2.75, 3.05) is 6.54 Å². The number of fused-ring (bicyclic) bond motifs is 2. The molecule has 3 aliphatic rings. The second-order valence-electron chi connectivity index (χ2n) is 7.92. The quantitative estimate of drug-likeness (QED) is 0.729. The van der Waals surface area contributed by atoms with Crippen molar-refractivity contribution in [2.45, 2.75) is 57.6 Å². The highest BCUT2D eigenvalue weighted by atomic mass is 16.6. The van der Waals surface area contributed by atoms with E-state index in [1.54, 1.807) is 11.0 Å². The second-order valence-corrected chi connectivity index (χ2v) is 7.92. The average Bonchev–Trinajstić information content (AvgIpc) is 2.71. The van der Waals surface area contributed by atoms with E-state index in [1.807, 2.05) is 44.2 Å². The molecule has 1 fully saturated rings. The van der Waals surface area contributed by atoms with Crippen LogP contribution >= 0.6 is 0 Å². The Morgan fingerprint density at radius 1 is 1.31 bits per heavy atom. The third-order valence-electron chi connectivity index (χ3n) is 5.92. The monoisotopic (exact) mass is 397 g/mol. The molecule has 0 radical (unpaired) electrons. The van der Waals surface area contributed by atoms with Crippen LogP contribution in [0, 0.1) is 5.92 Å². The maximum Gasteiger partial charge on any atom is 0.410 e. The van der Waals surface area contributed by atoms with E-state index >= 15 is 0 Å². The Labute approximate surface area is 171 Å². The number of hydrogen-bond donors (Lipinski definition) is 0. The summed E-state index contributed by atoms with van der Waals surface area (Å²) >= 11 is 0. The van der Waals surface area contributed by atoms with E-state index in [9.17, 15) is 9.59 Å². The zero-order valence-corrected chi connectivity index (χ0v) is 16.9. The van der Waals surface area contributed by atoms with E-state index in [0.29, 0.717) is 30.7 Å². The van der Waals surface area contributed by atoms with Crippen LogP contribution in [0.2, 0.25) is 0 Å². The van der Waals surface area contributed by atoms with Gasteiger partial charge >= 0.3 is 6.09 Å². The van der Waals surface area contributed by atoms with Gasteiger partial charge in [0.1, 0.15) is 18.5 Å². The number of ketones is 1. The zero-order chi connectivity index (χ0) is 20.5. The number of Topliss-reactive ketones (excluding diaryl/α,β-unsaturated/α-hetero) is 1. The molecule has 0 unspecified atom stereocenters. The van der Waals surface area contributed by atoms with E-state index in [1.165, 1.54) is 0 Å². The van der Waals surface area contributed by atoms with Crippen molar-refractivity contribution in [3.63, 3.8) is 0 Å². The number of likely N-dealkylation sites (tertiary alicyclic amines) is 1. The highest BCUT2D eigenvalue weighted by Crippen LogP contribution is 2.43. The van der Waals surface area contributed by atoms with E-state index in [0.717, 1.165) is 5.56 Å². The first-order valence-corrected chi connectivity index (χ1v) is 10.2. The molecule has 0 spiro atoms. The van der Waals surface area contributed by atoms with Crippen LogP contribution in [0.15, 0.2) is 54.3 Å². The predicted octanol–water partition coefficient (Wildman–Crippen LogP) is 3.62. The molecule has 6 heteroatoms. The molecule has 1 aromatic rings. The number of carbonyl (C=O) groups is 2. The van der Waals surface area contributed by atoms with Gasteiger partial charge in [0.05, 0.1) is 29.7 Å². The van der Waals surface area contributed by atoms with Crippen molar-refractivity contribution in [1.82, 2.24) is 4.90 Å². The summed E-state index contributed by atoms with van der Waals surface area (Å²) in [6.45, 7) is 8.46. The van der Waals surface area contributed by atoms with Gasteiger partial charge in [-0.15, -0.1) is 6.58 Å². The predicted molar refractivity (Wildman–Crippen MR) is 107 cm³/mol. The summed E-state index contributed by atoms with van der Waals surface area (Å²) in [6.07, 6.45) is 1.74. The number of carbonyl (C=O) groups excluding carboxylic acids is 2. The Morgan fingerprint density at radius 3 is 2.79 bits per heavy atom. The third kappa shape index (κ3) is 3.69. The summed E-state index contributed by atoms with van der Waals surface area (Å²) in [5.74, 6) is 0.489. The molecule has 154 valence electrons. The zero-order valence-electron chi connectivity index (χ0n) is 16.9. The lowest BCUT2D eigenvalue weighted by molar-refractivity contribution is -0.133. The maximum absolute atomic E-state index is 12.9. The Hall–Kier alpha value is -2.60. The Kier molecular flexibility index (Phi) is 5.46. The standard InChI is InChI=1S/C23H27NO5/c1-4-17-21-19(29-15(3)20-18(25)12-14(2)28-22(20)21)10-11-24(17)23(26)27-13-16-8-6-5-7-9-16/h4-9,14-15,17,19,21H,1,10-13H2,2-3H3/t14-,15-,17+,19+,21-/m1/s1. The molecule has 29 heavy (non-hydrogen) atoms. The molecule has 6 nitrogen and oxygen atoms in total. The molecule has 1 amide bonds. The van der Waals surface area contributed by atoms with Gasteiger partial charge in [0, 0.05) is 13.0 Å². The topological polar surface area (TPSA) is 65.1 Å². The van der Waals surface area contributed by atoms with Gasteiger partial charge in [-0.3, -0.25) is 4.79 Å². The normalized spacial score (nSPS) is 31.4. The fourth-order valence-corrected chi connectivity index (χ4v) is 4.62. The summed E-state index contributed by atoms with van der Waals surface area (Å²) in [5.41, 5.74) is 1.54. The molecule has 5 atom stereocenters. The van der Waals surface area contributed by atoms with Crippen molar-refractivity contribution in [2.24, 2.45) is 5.92 Å². The van der Waals surface area contributed by atoms with Gasteiger partial charge in [0.15, 0.2) is 5.78 Å². The minimum absolute atomic E-state index is 0.0660. The Balaban J connectivity index is 1.57. The van der Waals surface area contributed by atoms with Crippen LogP contribution in [0.3, 0.4) is 0 Å². The van der Waals surface area contributed by atoms with Crippen molar-refractivity contribution in [3.05, 3.63) is 59.9 Å². The summed E-state index contributed by atoms with van der Waals surface area (Å²) in [5, 5.41) is 0. The average molecular weight is 397 g/mol. The van der Waals surface area contributed by atoms with Crippen LogP contribution in [0.4, 0.5) is 4.79 Å². The van der Waals surface area contributed by atoms with E-state index in [4.69, 9.17) is 14.2 Å². The maximum atomic E-state index is 12.9. The first-order chi connectivity index (χ1) is 14.0. The molecular formula is C23H27NO5. The Bertz CT molecular complexity index is 833. The first kappa shape index (κ1) is 19.7. The van der Waals surface area contributed by atoms with Crippen molar-refractivity contribution < 1.29 is 23.8 Å². The molecule has 3 heterocycles. The minimum atomic E-state index is -0.395. The molecule has 1 aromatic carbocycles. The number of ether oxygens (including phenoxy) is 3. The number of hydrogen-bond acceptors (Lipinski definition) is 5. The van der Waals surface area contributed by atoms with Gasteiger partial charge in [-0.25, -0.2) is 4.79 Å². The van der Waals surface area contributed by atoms with Crippen LogP contribution in [-0.2, 0) is 25.6 Å².